The fourth-order valence-corrected chi connectivity index (χ4v) is 3.43. The zero-order chi connectivity index (χ0) is 18.1. The van der Waals surface area contributed by atoms with E-state index >= 15 is 0 Å². The number of nitrogen functional groups attached to an aromatic ring is 1. The third kappa shape index (κ3) is 5.82. The van der Waals surface area contributed by atoms with Crippen molar-refractivity contribution in [3.63, 3.8) is 0 Å². The van der Waals surface area contributed by atoms with E-state index in [0.717, 1.165) is 12.8 Å². The summed E-state index contributed by atoms with van der Waals surface area (Å²) in [5.74, 6) is 0.295. The Kier molecular flexibility index (Phi) is 8.41. The molecule has 1 atom stereocenters. The van der Waals surface area contributed by atoms with Crippen LogP contribution in [0.5, 0.6) is 0 Å². The first-order valence-corrected chi connectivity index (χ1v) is 9.81. The summed E-state index contributed by atoms with van der Waals surface area (Å²) in [5.41, 5.74) is 7.09. The highest BCUT2D eigenvalue weighted by Gasteiger charge is 2.17. The molecule has 0 saturated heterocycles. The van der Waals surface area contributed by atoms with E-state index in [1.807, 2.05) is 4.57 Å². The molecule has 0 aliphatic rings. The number of nitrogens with two attached hydrogens (primary N) is 1. The molecule has 0 aliphatic heterocycles. The summed E-state index contributed by atoms with van der Waals surface area (Å²) in [6.45, 7) is 2.38. The monoisotopic (exact) mass is 367 g/mol. The largest absolute Gasteiger partial charge is 0.396 e. The third-order valence-corrected chi connectivity index (χ3v) is 4.84. The van der Waals surface area contributed by atoms with Crippen LogP contribution in [0.3, 0.4) is 0 Å². The van der Waals surface area contributed by atoms with Crippen LogP contribution in [0.25, 0.3) is 11.2 Å². The SMILES string of the molecule is CCCCCCCCCCC(CCO)n1cnc2c(N)nc(Cl)nc21. The van der Waals surface area contributed by atoms with Crippen molar-refractivity contribution < 1.29 is 5.11 Å². The lowest BCUT2D eigenvalue weighted by atomic mass is 10.0. The molecule has 0 amide bonds. The smallest absolute Gasteiger partial charge is 0.226 e. The summed E-state index contributed by atoms with van der Waals surface area (Å²) >= 11 is 5.94. The number of unbranched alkanes of at least 4 members (excludes halogenated alkanes) is 7. The first-order valence-electron chi connectivity index (χ1n) is 9.43. The first kappa shape index (κ1) is 19.9. The van der Waals surface area contributed by atoms with Gasteiger partial charge in [0.25, 0.3) is 0 Å². The van der Waals surface area contributed by atoms with Gasteiger partial charge < -0.3 is 15.4 Å². The van der Waals surface area contributed by atoms with Gasteiger partial charge in [-0.1, -0.05) is 58.3 Å². The highest BCUT2D eigenvalue weighted by atomic mass is 35.5. The Bertz CT molecular complexity index is 646. The topological polar surface area (TPSA) is 89.8 Å². The van der Waals surface area contributed by atoms with Crippen LogP contribution in [-0.4, -0.2) is 31.2 Å². The Balaban J connectivity index is 1.90. The number of hydrogen-bond acceptors (Lipinski definition) is 5. The van der Waals surface area contributed by atoms with Crippen LogP contribution >= 0.6 is 11.6 Å². The molecule has 2 aromatic rings. The van der Waals surface area contributed by atoms with E-state index in [9.17, 15) is 5.11 Å². The molecular formula is C18H30ClN5O. The fourth-order valence-electron chi connectivity index (χ4n) is 3.26. The van der Waals surface area contributed by atoms with Crippen LogP contribution in [0.4, 0.5) is 5.82 Å². The molecule has 6 nitrogen and oxygen atoms in total. The van der Waals surface area contributed by atoms with E-state index in [-0.39, 0.29) is 17.9 Å². The molecule has 1 unspecified atom stereocenters. The molecule has 0 spiro atoms. The number of aliphatic hydroxyl groups is 1. The molecule has 0 bridgehead atoms. The maximum atomic E-state index is 9.42. The van der Waals surface area contributed by atoms with Gasteiger partial charge >= 0.3 is 0 Å². The number of hydrogen-bond donors (Lipinski definition) is 2. The number of imidazole rings is 1. The summed E-state index contributed by atoms with van der Waals surface area (Å²) in [5, 5.41) is 9.55. The normalized spacial score (nSPS) is 12.8. The van der Waals surface area contributed by atoms with Gasteiger partial charge in [-0.05, 0) is 24.4 Å². The number of fused-ring (bicyclic) bond motifs is 1. The maximum absolute atomic E-state index is 9.42. The molecule has 0 fully saturated rings. The van der Waals surface area contributed by atoms with E-state index < -0.39 is 0 Å². The molecule has 0 saturated carbocycles. The van der Waals surface area contributed by atoms with Crippen molar-refractivity contribution in [3.05, 3.63) is 11.6 Å². The Morgan fingerprint density at radius 2 is 1.76 bits per heavy atom. The van der Waals surface area contributed by atoms with Gasteiger partial charge in [-0.15, -0.1) is 0 Å². The van der Waals surface area contributed by atoms with Crippen LogP contribution in [0.2, 0.25) is 5.28 Å². The molecule has 25 heavy (non-hydrogen) atoms. The minimum atomic E-state index is 0.126. The van der Waals surface area contributed by atoms with E-state index in [1.54, 1.807) is 6.33 Å². The van der Waals surface area contributed by atoms with Gasteiger partial charge in [0.2, 0.25) is 5.28 Å². The molecule has 2 heterocycles. The molecule has 140 valence electrons. The van der Waals surface area contributed by atoms with Crippen molar-refractivity contribution in [2.24, 2.45) is 0 Å². The molecule has 0 aliphatic carbocycles. The predicted octanol–water partition coefficient (Wildman–Crippen LogP) is 4.52. The Hall–Kier alpha value is -1.40. The summed E-state index contributed by atoms with van der Waals surface area (Å²) in [4.78, 5) is 12.5. The van der Waals surface area contributed by atoms with Crippen LogP contribution in [0.1, 0.15) is 77.2 Å². The molecule has 2 rings (SSSR count). The van der Waals surface area contributed by atoms with Gasteiger partial charge in [-0.3, -0.25) is 0 Å². The van der Waals surface area contributed by atoms with E-state index in [4.69, 9.17) is 17.3 Å². The van der Waals surface area contributed by atoms with E-state index in [1.165, 1.54) is 44.9 Å². The summed E-state index contributed by atoms with van der Waals surface area (Å²) in [6, 6.07) is 0.153. The highest BCUT2D eigenvalue weighted by molar-refractivity contribution is 6.28. The van der Waals surface area contributed by atoms with Crippen molar-refractivity contribution in [2.45, 2.75) is 77.2 Å². The van der Waals surface area contributed by atoms with Crippen molar-refractivity contribution in [1.82, 2.24) is 19.5 Å². The standard InChI is InChI=1S/C18H30ClN5O/c1-2-3-4-5-6-7-8-9-10-14(11-12-25)24-13-21-15-16(20)22-18(19)23-17(15)24/h13-14,25H,2-12H2,1H3,(H2,20,22,23). The highest BCUT2D eigenvalue weighted by Crippen LogP contribution is 2.26. The number of rotatable bonds is 12. The number of nitrogens with zero attached hydrogens (tertiary/aromatic N) is 4. The lowest BCUT2D eigenvalue weighted by Gasteiger charge is -2.18. The number of aliphatic hydroxyl groups excluding tert-OH is 1. The lowest BCUT2D eigenvalue weighted by Crippen LogP contribution is -2.11. The van der Waals surface area contributed by atoms with Crippen LogP contribution in [0.15, 0.2) is 6.33 Å². The van der Waals surface area contributed by atoms with Crippen molar-refractivity contribution in [2.75, 3.05) is 12.3 Å². The van der Waals surface area contributed by atoms with Gasteiger partial charge in [0.05, 0.1) is 6.33 Å². The molecule has 3 N–H and O–H groups in total. The summed E-state index contributed by atoms with van der Waals surface area (Å²) < 4.78 is 1.98. The minimum absolute atomic E-state index is 0.126. The van der Waals surface area contributed by atoms with Gasteiger partial charge in [-0.25, -0.2) is 4.98 Å². The molecule has 7 heteroatoms. The molecular weight excluding hydrogens is 338 g/mol. The number of aromatic nitrogens is 4. The van der Waals surface area contributed by atoms with Gasteiger partial charge in [0.1, 0.15) is 5.52 Å². The second-order valence-corrected chi connectivity index (χ2v) is 6.97. The predicted molar refractivity (Wildman–Crippen MR) is 103 cm³/mol. The van der Waals surface area contributed by atoms with Crippen molar-refractivity contribution in [3.8, 4) is 0 Å². The third-order valence-electron chi connectivity index (χ3n) is 4.67. The minimum Gasteiger partial charge on any atom is -0.396 e. The van der Waals surface area contributed by atoms with Crippen molar-refractivity contribution >= 4 is 28.6 Å². The number of anilines is 1. The zero-order valence-electron chi connectivity index (χ0n) is 15.1. The Morgan fingerprint density at radius 3 is 2.44 bits per heavy atom. The first-order chi connectivity index (χ1) is 12.2. The van der Waals surface area contributed by atoms with Crippen LogP contribution in [-0.2, 0) is 0 Å². The fraction of sp³-hybridized carbons (Fsp3) is 0.722. The van der Waals surface area contributed by atoms with E-state index in [0.29, 0.717) is 23.4 Å². The Morgan fingerprint density at radius 1 is 1.08 bits per heavy atom. The summed E-state index contributed by atoms with van der Waals surface area (Å²) in [7, 11) is 0. The quantitative estimate of drug-likeness (QED) is 0.425. The zero-order valence-corrected chi connectivity index (χ0v) is 15.9. The van der Waals surface area contributed by atoms with Crippen molar-refractivity contribution in [1.29, 1.82) is 0 Å². The second kappa shape index (κ2) is 10.6. The van der Waals surface area contributed by atoms with Crippen LogP contribution < -0.4 is 5.73 Å². The van der Waals surface area contributed by atoms with Gasteiger partial charge in [0, 0.05) is 12.6 Å². The lowest BCUT2D eigenvalue weighted by molar-refractivity contribution is 0.251. The van der Waals surface area contributed by atoms with Gasteiger partial charge in [-0.2, -0.15) is 9.97 Å². The molecule has 0 radical (unpaired) electrons. The van der Waals surface area contributed by atoms with Gasteiger partial charge in [0.15, 0.2) is 11.5 Å². The summed E-state index contributed by atoms with van der Waals surface area (Å²) in [6.07, 6.45) is 13.7. The average molecular weight is 368 g/mol. The molecule has 2 aromatic heterocycles. The maximum Gasteiger partial charge on any atom is 0.226 e. The van der Waals surface area contributed by atoms with Crippen LogP contribution in [0, 0.1) is 0 Å². The van der Waals surface area contributed by atoms with E-state index in [2.05, 4.69) is 21.9 Å². The number of halogens is 1. The second-order valence-electron chi connectivity index (χ2n) is 6.63. The molecule has 0 aromatic carbocycles. The average Bonchev–Trinajstić information content (AvgIpc) is 3.00. The Labute approximate surface area is 154 Å².